The zero-order chi connectivity index (χ0) is 20.7. The Kier molecular flexibility index (Phi) is 8.98. The molecule has 0 spiro atoms. The van der Waals surface area contributed by atoms with Gasteiger partial charge in [0.25, 0.3) is 0 Å². The Morgan fingerprint density at radius 2 is 1.74 bits per heavy atom. The third-order valence-electron chi connectivity index (χ3n) is 5.32. The van der Waals surface area contributed by atoms with Crippen molar-refractivity contribution in [1.29, 1.82) is 0 Å². The van der Waals surface area contributed by atoms with Gasteiger partial charge in [0.15, 0.2) is 19.8 Å². The summed E-state index contributed by atoms with van der Waals surface area (Å²) in [5.41, 5.74) is 1.01. The summed E-state index contributed by atoms with van der Waals surface area (Å²) in [6.45, 7) is 14.0. The van der Waals surface area contributed by atoms with Crippen LogP contribution in [-0.2, 0) is 20.6 Å². The van der Waals surface area contributed by atoms with E-state index in [1.807, 2.05) is 25.1 Å². The van der Waals surface area contributed by atoms with Crippen LogP contribution in [0.1, 0.15) is 39.7 Å². The molecule has 2 atom stereocenters. The fourth-order valence-electron chi connectivity index (χ4n) is 2.43. The van der Waals surface area contributed by atoms with Gasteiger partial charge in [0.1, 0.15) is 6.29 Å². The van der Waals surface area contributed by atoms with Crippen molar-refractivity contribution in [2.24, 2.45) is 5.92 Å². The summed E-state index contributed by atoms with van der Waals surface area (Å²) in [6.07, 6.45) is 1.56. The number of carbonyl (C=O) groups excluding carboxylic acids is 1. The maximum absolute atomic E-state index is 11.3. The second-order valence-electron chi connectivity index (χ2n) is 8.44. The van der Waals surface area contributed by atoms with E-state index in [2.05, 4.69) is 33.9 Å². The predicted molar refractivity (Wildman–Crippen MR) is 111 cm³/mol. The molecule has 5 nitrogen and oxygen atoms in total. The number of ether oxygens (including phenoxy) is 3. The van der Waals surface area contributed by atoms with Gasteiger partial charge in [-0.2, -0.15) is 0 Å². The lowest BCUT2D eigenvalue weighted by Crippen LogP contribution is -2.46. The summed E-state index contributed by atoms with van der Waals surface area (Å²) in [4.78, 5) is 11.3. The average molecular weight is 397 g/mol. The van der Waals surface area contributed by atoms with Crippen LogP contribution < -0.4 is 9.47 Å². The standard InChI is InChI=1S/C21H36O5Si/c1-16(14-22)18(26-27(7,8)21(2,3)4)11-12-25-15-17-9-10-19(23-5)20(13-17)24-6/h9-10,13-14,16,18H,11-12,15H2,1-8H3. The fraction of sp³-hybridized carbons (Fsp3) is 0.667. The Morgan fingerprint density at radius 1 is 1.11 bits per heavy atom. The summed E-state index contributed by atoms with van der Waals surface area (Å²) in [5, 5.41) is 0.106. The van der Waals surface area contributed by atoms with Crippen molar-refractivity contribution in [2.45, 2.75) is 65.0 Å². The summed E-state index contributed by atoms with van der Waals surface area (Å²) < 4.78 is 22.9. The lowest BCUT2D eigenvalue weighted by molar-refractivity contribution is -0.113. The van der Waals surface area contributed by atoms with Crippen LogP contribution in [0, 0.1) is 5.92 Å². The van der Waals surface area contributed by atoms with E-state index in [-0.39, 0.29) is 17.1 Å². The molecule has 0 N–H and O–H groups in total. The van der Waals surface area contributed by atoms with E-state index in [4.69, 9.17) is 18.6 Å². The first kappa shape index (κ1) is 23.7. The van der Waals surface area contributed by atoms with Gasteiger partial charge in [-0.25, -0.2) is 0 Å². The summed E-state index contributed by atoms with van der Waals surface area (Å²) >= 11 is 0. The molecule has 0 radical (unpaired) electrons. The van der Waals surface area contributed by atoms with Crippen molar-refractivity contribution in [3.63, 3.8) is 0 Å². The van der Waals surface area contributed by atoms with Crippen LogP contribution in [0.5, 0.6) is 11.5 Å². The van der Waals surface area contributed by atoms with Crippen molar-refractivity contribution < 1.29 is 23.4 Å². The van der Waals surface area contributed by atoms with Crippen molar-refractivity contribution in [1.82, 2.24) is 0 Å². The normalized spacial score (nSPS) is 14.5. The zero-order valence-electron chi connectivity index (χ0n) is 18.1. The van der Waals surface area contributed by atoms with E-state index in [1.54, 1.807) is 14.2 Å². The van der Waals surface area contributed by atoms with E-state index in [0.717, 1.165) is 11.8 Å². The van der Waals surface area contributed by atoms with Crippen LogP contribution in [-0.4, -0.2) is 41.5 Å². The quantitative estimate of drug-likeness (QED) is 0.304. The van der Waals surface area contributed by atoms with Crippen LogP contribution >= 0.6 is 0 Å². The minimum absolute atomic E-state index is 0.106. The van der Waals surface area contributed by atoms with Gasteiger partial charge in [0, 0.05) is 12.5 Å². The van der Waals surface area contributed by atoms with Gasteiger partial charge < -0.3 is 23.4 Å². The molecule has 0 aromatic heterocycles. The average Bonchev–Trinajstić information content (AvgIpc) is 2.62. The topological polar surface area (TPSA) is 54.0 Å². The Bertz CT molecular complexity index is 595. The molecule has 1 aromatic carbocycles. The molecule has 0 aliphatic carbocycles. The molecule has 0 fully saturated rings. The Balaban J connectivity index is 2.63. The van der Waals surface area contributed by atoms with Crippen molar-refractivity contribution in [3.05, 3.63) is 23.8 Å². The minimum atomic E-state index is -1.94. The minimum Gasteiger partial charge on any atom is -0.493 e. The summed E-state index contributed by atoms with van der Waals surface area (Å²) in [5.74, 6) is 1.24. The largest absolute Gasteiger partial charge is 0.493 e. The highest BCUT2D eigenvalue weighted by molar-refractivity contribution is 6.74. The lowest BCUT2D eigenvalue weighted by atomic mass is 10.0. The third-order valence-corrected chi connectivity index (χ3v) is 9.82. The molecule has 0 amide bonds. The summed E-state index contributed by atoms with van der Waals surface area (Å²) in [6, 6.07) is 5.74. The first-order valence-electron chi connectivity index (χ1n) is 9.47. The van der Waals surface area contributed by atoms with Gasteiger partial charge in [-0.1, -0.05) is 33.8 Å². The lowest BCUT2D eigenvalue weighted by Gasteiger charge is -2.40. The molecule has 1 aromatic rings. The van der Waals surface area contributed by atoms with Gasteiger partial charge in [-0.15, -0.1) is 0 Å². The fourth-order valence-corrected chi connectivity index (χ4v) is 3.87. The Labute approximate surface area is 165 Å². The maximum Gasteiger partial charge on any atom is 0.192 e. The van der Waals surface area contributed by atoms with Gasteiger partial charge in [0.2, 0.25) is 0 Å². The highest BCUT2D eigenvalue weighted by atomic mass is 28.4. The number of aldehydes is 1. The summed E-state index contributed by atoms with van der Waals surface area (Å²) in [7, 11) is 1.29. The monoisotopic (exact) mass is 396 g/mol. The van der Waals surface area contributed by atoms with Crippen molar-refractivity contribution >= 4 is 14.6 Å². The highest BCUT2D eigenvalue weighted by Gasteiger charge is 2.40. The SMILES string of the molecule is COc1ccc(COCCC(O[Si](C)(C)C(C)(C)C)C(C)C=O)cc1OC. The smallest absolute Gasteiger partial charge is 0.192 e. The van der Waals surface area contributed by atoms with Gasteiger partial charge >= 0.3 is 0 Å². The van der Waals surface area contributed by atoms with E-state index in [9.17, 15) is 4.79 Å². The molecule has 154 valence electrons. The first-order valence-corrected chi connectivity index (χ1v) is 12.4. The molecule has 0 saturated carbocycles. The molecular weight excluding hydrogens is 360 g/mol. The van der Waals surface area contributed by atoms with Crippen LogP contribution in [0.2, 0.25) is 18.1 Å². The number of methoxy groups -OCH3 is 2. The molecule has 2 unspecified atom stereocenters. The van der Waals surface area contributed by atoms with E-state index < -0.39 is 8.32 Å². The first-order chi connectivity index (χ1) is 12.6. The molecule has 1 rings (SSSR count). The maximum atomic E-state index is 11.3. The van der Waals surface area contributed by atoms with Gasteiger partial charge in [0.05, 0.1) is 26.9 Å². The molecule has 0 bridgehead atoms. The number of carbonyl (C=O) groups is 1. The molecular formula is C21H36O5Si. The second kappa shape index (κ2) is 10.2. The number of hydrogen-bond acceptors (Lipinski definition) is 5. The number of hydrogen-bond donors (Lipinski definition) is 0. The van der Waals surface area contributed by atoms with Gasteiger partial charge in [-0.3, -0.25) is 0 Å². The Morgan fingerprint density at radius 3 is 2.26 bits per heavy atom. The zero-order valence-corrected chi connectivity index (χ0v) is 19.1. The number of rotatable bonds is 11. The molecule has 0 aliphatic heterocycles. The molecule has 0 heterocycles. The van der Waals surface area contributed by atoms with Crippen LogP contribution in [0.25, 0.3) is 0 Å². The second-order valence-corrected chi connectivity index (χ2v) is 13.2. The van der Waals surface area contributed by atoms with E-state index >= 15 is 0 Å². The molecule has 0 aliphatic rings. The number of benzene rings is 1. The Hall–Kier alpha value is -1.37. The van der Waals surface area contributed by atoms with Crippen LogP contribution in [0.3, 0.4) is 0 Å². The third kappa shape index (κ3) is 6.94. The highest BCUT2D eigenvalue weighted by Crippen LogP contribution is 2.38. The van der Waals surface area contributed by atoms with Gasteiger partial charge in [-0.05, 0) is 42.2 Å². The molecule has 0 saturated heterocycles. The predicted octanol–water partition coefficient (Wildman–Crippen LogP) is 4.84. The van der Waals surface area contributed by atoms with E-state index in [0.29, 0.717) is 31.1 Å². The van der Waals surface area contributed by atoms with Crippen LogP contribution in [0.15, 0.2) is 18.2 Å². The van der Waals surface area contributed by atoms with Crippen molar-refractivity contribution in [3.8, 4) is 11.5 Å². The molecule has 27 heavy (non-hydrogen) atoms. The van der Waals surface area contributed by atoms with E-state index in [1.165, 1.54) is 0 Å². The van der Waals surface area contributed by atoms with Crippen LogP contribution in [0.4, 0.5) is 0 Å². The molecule has 6 heteroatoms. The van der Waals surface area contributed by atoms with Crippen molar-refractivity contribution in [2.75, 3.05) is 20.8 Å².